The van der Waals surface area contributed by atoms with Crippen molar-refractivity contribution in [2.75, 3.05) is 18.2 Å². The van der Waals surface area contributed by atoms with Gasteiger partial charge in [0.1, 0.15) is 5.75 Å². The molecule has 1 aromatic rings. The summed E-state index contributed by atoms with van der Waals surface area (Å²) in [5.74, 6) is 6.55. The van der Waals surface area contributed by atoms with Gasteiger partial charge in [0.05, 0.1) is 17.8 Å². The van der Waals surface area contributed by atoms with E-state index in [2.05, 4.69) is 27.8 Å². The van der Waals surface area contributed by atoms with Crippen molar-refractivity contribution < 1.29 is 4.74 Å². The van der Waals surface area contributed by atoms with E-state index in [9.17, 15) is 0 Å². The van der Waals surface area contributed by atoms with Crippen LogP contribution in [-0.4, -0.2) is 12.4 Å². The van der Waals surface area contributed by atoms with Gasteiger partial charge in [0, 0.05) is 17.3 Å². The van der Waals surface area contributed by atoms with Crippen molar-refractivity contribution in [1.29, 1.82) is 0 Å². The molecule has 0 bridgehead atoms. The van der Waals surface area contributed by atoms with Crippen LogP contribution < -0.4 is 10.5 Å². The quantitative estimate of drug-likeness (QED) is 0.516. The molecule has 4 heteroatoms. The molecule has 1 rings (SSSR count). The van der Waals surface area contributed by atoms with E-state index < -0.39 is 0 Å². The molecular weight excluding hydrogens is 277 g/mol. The standard InChI is InChI=1S/C11H11BrClNO/c1-15-11-6-8(4-2-3-5-12)9(13)7-10(11)14/h6-7H,3,5,14H2,1H3. The lowest BCUT2D eigenvalue weighted by atomic mass is 10.2. The molecule has 0 radical (unpaired) electrons. The molecule has 0 aromatic heterocycles. The van der Waals surface area contributed by atoms with Gasteiger partial charge < -0.3 is 10.5 Å². The summed E-state index contributed by atoms with van der Waals surface area (Å²) >= 11 is 9.29. The van der Waals surface area contributed by atoms with Crippen LogP contribution in [0.3, 0.4) is 0 Å². The number of nitrogen functional groups attached to an aromatic ring is 1. The van der Waals surface area contributed by atoms with Crippen LogP contribution >= 0.6 is 27.5 Å². The lowest BCUT2D eigenvalue weighted by Gasteiger charge is -2.05. The summed E-state index contributed by atoms with van der Waals surface area (Å²) in [5, 5.41) is 1.40. The smallest absolute Gasteiger partial charge is 0.143 e. The Balaban J connectivity index is 3.04. The second-order valence-corrected chi connectivity index (χ2v) is 4.01. The van der Waals surface area contributed by atoms with Crippen molar-refractivity contribution in [2.24, 2.45) is 0 Å². The SMILES string of the molecule is COc1cc(C#CCCBr)c(Cl)cc1N. The molecule has 0 spiro atoms. The summed E-state index contributed by atoms with van der Waals surface area (Å²) in [4.78, 5) is 0. The molecule has 0 heterocycles. The zero-order valence-electron chi connectivity index (χ0n) is 8.31. The fourth-order valence-corrected chi connectivity index (χ4v) is 1.46. The third-order valence-corrected chi connectivity index (χ3v) is 2.47. The maximum Gasteiger partial charge on any atom is 0.143 e. The molecule has 0 fully saturated rings. The summed E-state index contributed by atoms with van der Waals surface area (Å²) in [6.07, 6.45) is 0.781. The number of nitrogens with two attached hydrogens (primary N) is 1. The van der Waals surface area contributed by atoms with E-state index in [4.69, 9.17) is 22.1 Å². The van der Waals surface area contributed by atoms with Crippen LogP contribution in [0.4, 0.5) is 5.69 Å². The van der Waals surface area contributed by atoms with Crippen LogP contribution in [0.1, 0.15) is 12.0 Å². The molecule has 1 aromatic carbocycles. The summed E-state index contributed by atoms with van der Waals surface area (Å²) in [5.41, 5.74) is 6.95. The Morgan fingerprint density at radius 2 is 2.27 bits per heavy atom. The maximum atomic E-state index is 5.99. The molecule has 2 N–H and O–H groups in total. The molecule has 0 aliphatic carbocycles. The second-order valence-electron chi connectivity index (χ2n) is 2.81. The normalized spacial score (nSPS) is 9.27. The van der Waals surface area contributed by atoms with Crippen LogP contribution in [0, 0.1) is 11.8 Å². The molecule has 80 valence electrons. The van der Waals surface area contributed by atoms with Gasteiger partial charge >= 0.3 is 0 Å². The van der Waals surface area contributed by atoms with Gasteiger partial charge in [-0.2, -0.15) is 0 Å². The van der Waals surface area contributed by atoms with Crippen molar-refractivity contribution in [2.45, 2.75) is 6.42 Å². The van der Waals surface area contributed by atoms with Crippen LogP contribution in [0.2, 0.25) is 5.02 Å². The number of hydrogen-bond acceptors (Lipinski definition) is 2. The van der Waals surface area contributed by atoms with Crippen molar-refractivity contribution in [3.05, 3.63) is 22.7 Å². The number of anilines is 1. The minimum absolute atomic E-state index is 0.522. The fraction of sp³-hybridized carbons (Fsp3) is 0.273. The Kier molecular flexibility index (Phi) is 4.80. The van der Waals surface area contributed by atoms with Crippen LogP contribution in [0.15, 0.2) is 12.1 Å². The van der Waals surface area contributed by atoms with E-state index in [1.165, 1.54) is 0 Å². The molecule has 0 amide bonds. The lowest BCUT2D eigenvalue weighted by molar-refractivity contribution is 0.417. The lowest BCUT2D eigenvalue weighted by Crippen LogP contribution is -1.93. The molecule has 15 heavy (non-hydrogen) atoms. The molecule has 0 aliphatic heterocycles. The molecule has 0 atom stereocenters. The minimum atomic E-state index is 0.522. The van der Waals surface area contributed by atoms with Gasteiger partial charge in [0.15, 0.2) is 0 Å². The first-order valence-corrected chi connectivity index (χ1v) is 5.86. The van der Waals surface area contributed by atoms with Gasteiger partial charge in [-0.3, -0.25) is 0 Å². The average Bonchev–Trinajstić information content (AvgIpc) is 2.21. The summed E-state index contributed by atoms with van der Waals surface area (Å²) < 4.78 is 5.09. The van der Waals surface area contributed by atoms with E-state index >= 15 is 0 Å². The number of hydrogen-bond donors (Lipinski definition) is 1. The zero-order chi connectivity index (χ0) is 11.3. The van der Waals surface area contributed by atoms with Gasteiger partial charge in [-0.05, 0) is 12.1 Å². The maximum absolute atomic E-state index is 5.99. The predicted octanol–water partition coefficient (Wildman–Crippen LogP) is 3.07. The van der Waals surface area contributed by atoms with Crippen molar-refractivity contribution in [3.8, 4) is 17.6 Å². The van der Waals surface area contributed by atoms with Crippen LogP contribution in [0.25, 0.3) is 0 Å². The van der Waals surface area contributed by atoms with Gasteiger partial charge in [-0.15, -0.1) is 0 Å². The molecule has 2 nitrogen and oxygen atoms in total. The fourth-order valence-electron chi connectivity index (χ4n) is 1.05. The van der Waals surface area contributed by atoms with E-state index in [-0.39, 0.29) is 0 Å². The predicted molar refractivity (Wildman–Crippen MR) is 67.7 cm³/mol. The monoisotopic (exact) mass is 287 g/mol. The Labute approximate surface area is 103 Å². The Hall–Kier alpha value is -0.850. The first kappa shape index (κ1) is 12.2. The van der Waals surface area contributed by atoms with Crippen molar-refractivity contribution in [3.63, 3.8) is 0 Å². The highest BCUT2D eigenvalue weighted by Gasteiger charge is 2.04. The Morgan fingerprint density at radius 1 is 1.53 bits per heavy atom. The van der Waals surface area contributed by atoms with E-state index in [1.807, 2.05) is 0 Å². The highest BCUT2D eigenvalue weighted by Crippen LogP contribution is 2.28. The van der Waals surface area contributed by atoms with Crippen molar-refractivity contribution >= 4 is 33.2 Å². The first-order chi connectivity index (χ1) is 7.19. The van der Waals surface area contributed by atoms with Gasteiger partial charge in [-0.25, -0.2) is 0 Å². The third-order valence-electron chi connectivity index (χ3n) is 1.76. The molecule has 0 saturated heterocycles. The summed E-state index contributed by atoms with van der Waals surface area (Å²) in [6.45, 7) is 0. The number of alkyl halides is 1. The van der Waals surface area contributed by atoms with Gasteiger partial charge in [-0.1, -0.05) is 39.4 Å². The first-order valence-electron chi connectivity index (χ1n) is 4.37. The van der Waals surface area contributed by atoms with E-state index in [0.717, 1.165) is 17.3 Å². The van der Waals surface area contributed by atoms with Gasteiger partial charge in [0.25, 0.3) is 0 Å². The Bertz CT molecular complexity index is 409. The number of methoxy groups -OCH3 is 1. The molecule has 0 aliphatic rings. The largest absolute Gasteiger partial charge is 0.495 e. The second kappa shape index (κ2) is 5.89. The topological polar surface area (TPSA) is 35.2 Å². The Morgan fingerprint density at radius 3 is 2.87 bits per heavy atom. The minimum Gasteiger partial charge on any atom is -0.495 e. The molecule has 0 unspecified atom stereocenters. The summed E-state index contributed by atoms with van der Waals surface area (Å²) in [7, 11) is 1.56. The number of halogens is 2. The third kappa shape index (κ3) is 3.33. The van der Waals surface area contributed by atoms with Gasteiger partial charge in [0.2, 0.25) is 0 Å². The van der Waals surface area contributed by atoms with E-state index in [1.54, 1.807) is 19.2 Å². The highest BCUT2D eigenvalue weighted by atomic mass is 79.9. The molecular formula is C11H11BrClNO. The highest BCUT2D eigenvalue weighted by molar-refractivity contribution is 9.09. The zero-order valence-corrected chi connectivity index (χ0v) is 10.7. The average molecular weight is 289 g/mol. The van der Waals surface area contributed by atoms with E-state index in [0.29, 0.717) is 16.5 Å². The summed E-state index contributed by atoms with van der Waals surface area (Å²) in [6, 6.07) is 3.40. The van der Waals surface area contributed by atoms with Crippen molar-refractivity contribution in [1.82, 2.24) is 0 Å². The van der Waals surface area contributed by atoms with Crippen LogP contribution in [0.5, 0.6) is 5.75 Å². The number of benzene rings is 1. The van der Waals surface area contributed by atoms with Crippen LogP contribution in [-0.2, 0) is 0 Å². The molecule has 0 saturated carbocycles. The number of rotatable bonds is 2. The number of ether oxygens (including phenoxy) is 1.